The lowest BCUT2D eigenvalue weighted by Gasteiger charge is -2.31. The first kappa shape index (κ1) is 15.2. The molecule has 2 unspecified atom stereocenters. The quantitative estimate of drug-likeness (QED) is 0.887. The zero-order valence-corrected chi connectivity index (χ0v) is 13.3. The molecule has 1 fully saturated rings. The molecule has 2 heterocycles. The summed E-state index contributed by atoms with van der Waals surface area (Å²) >= 11 is 1.53. The molecule has 1 amide bonds. The highest BCUT2D eigenvalue weighted by molar-refractivity contribution is 7.13. The molecule has 0 aliphatic heterocycles. The van der Waals surface area contributed by atoms with Gasteiger partial charge in [-0.05, 0) is 31.4 Å². The number of furan rings is 1. The van der Waals surface area contributed by atoms with Gasteiger partial charge in [0.05, 0.1) is 18.4 Å². The van der Waals surface area contributed by atoms with Gasteiger partial charge >= 0.3 is 0 Å². The van der Waals surface area contributed by atoms with Crippen molar-refractivity contribution in [1.29, 1.82) is 0 Å². The molecule has 2 aromatic rings. The van der Waals surface area contributed by atoms with E-state index in [1.807, 2.05) is 11.4 Å². The molecule has 22 heavy (non-hydrogen) atoms. The van der Waals surface area contributed by atoms with Gasteiger partial charge < -0.3 is 15.5 Å². The third kappa shape index (κ3) is 3.56. The van der Waals surface area contributed by atoms with E-state index in [4.69, 9.17) is 10.2 Å². The number of carbonyl (C=O) groups excluding carboxylic acids is 1. The van der Waals surface area contributed by atoms with Crippen LogP contribution in [0.3, 0.4) is 0 Å². The maximum Gasteiger partial charge on any atom is 0.226 e. The van der Waals surface area contributed by atoms with Crippen molar-refractivity contribution in [2.24, 2.45) is 11.7 Å². The van der Waals surface area contributed by atoms with E-state index in [9.17, 15) is 4.79 Å². The molecule has 0 bridgehead atoms. The Morgan fingerprint density at radius 2 is 2.32 bits per heavy atom. The SMILES string of the molecule is NCC1CCCCC1NC(=O)Cc1csc(-c2ccoc2)n1. The van der Waals surface area contributed by atoms with Crippen LogP contribution < -0.4 is 11.1 Å². The smallest absolute Gasteiger partial charge is 0.226 e. The lowest BCUT2D eigenvalue weighted by Crippen LogP contribution is -2.45. The normalized spacial score (nSPS) is 21.7. The zero-order valence-electron chi connectivity index (χ0n) is 12.5. The number of hydrogen-bond donors (Lipinski definition) is 2. The highest BCUT2D eigenvalue weighted by Gasteiger charge is 2.25. The Kier molecular flexibility index (Phi) is 4.90. The van der Waals surface area contributed by atoms with Gasteiger partial charge in [-0.1, -0.05) is 12.8 Å². The predicted molar refractivity (Wildman–Crippen MR) is 86.5 cm³/mol. The van der Waals surface area contributed by atoms with Gasteiger partial charge in [-0.3, -0.25) is 4.79 Å². The summed E-state index contributed by atoms with van der Waals surface area (Å²) in [7, 11) is 0. The van der Waals surface area contributed by atoms with E-state index in [2.05, 4.69) is 10.3 Å². The van der Waals surface area contributed by atoms with Crippen molar-refractivity contribution >= 4 is 17.2 Å². The molecule has 1 saturated carbocycles. The van der Waals surface area contributed by atoms with E-state index in [-0.39, 0.29) is 11.9 Å². The van der Waals surface area contributed by atoms with Gasteiger partial charge in [-0.2, -0.15) is 0 Å². The van der Waals surface area contributed by atoms with Crippen LogP contribution in [0.2, 0.25) is 0 Å². The third-order valence-electron chi connectivity index (χ3n) is 4.22. The van der Waals surface area contributed by atoms with Crippen molar-refractivity contribution in [2.45, 2.75) is 38.1 Å². The number of rotatable bonds is 5. The summed E-state index contributed by atoms with van der Waals surface area (Å²) in [5.74, 6) is 0.448. The fourth-order valence-electron chi connectivity index (χ4n) is 3.01. The fraction of sp³-hybridized carbons (Fsp3) is 0.500. The van der Waals surface area contributed by atoms with Crippen LogP contribution in [-0.4, -0.2) is 23.5 Å². The number of hydrogen-bond acceptors (Lipinski definition) is 5. The fourth-order valence-corrected chi connectivity index (χ4v) is 3.81. The summed E-state index contributed by atoms with van der Waals surface area (Å²) in [6.07, 6.45) is 8.14. The summed E-state index contributed by atoms with van der Waals surface area (Å²) < 4.78 is 5.06. The van der Waals surface area contributed by atoms with Crippen molar-refractivity contribution in [3.8, 4) is 10.6 Å². The minimum atomic E-state index is 0.0365. The molecule has 0 spiro atoms. The Morgan fingerprint density at radius 3 is 3.09 bits per heavy atom. The number of aromatic nitrogens is 1. The molecule has 0 radical (unpaired) electrons. The number of carbonyl (C=O) groups is 1. The van der Waals surface area contributed by atoms with Gasteiger partial charge in [0.1, 0.15) is 11.3 Å². The van der Waals surface area contributed by atoms with Gasteiger partial charge in [0.15, 0.2) is 0 Å². The van der Waals surface area contributed by atoms with Crippen molar-refractivity contribution < 1.29 is 9.21 Å². The lowest BCUT2D eigenvalue weighted by molar-refractivity contribution is -0.121. The monoisotopic (exact) mass is 319 g/mol. The van der Waals surface area contributed by atoms with E-state index in [1.165, 1.54) is 24.2 Å². The maximum absolute atomic E-state index is 12.2. The first-order valence-electron chi connectivity index (χ1n) is 7.72. The Balaban J connectivity index is 1.57. The molecule has 6 heteroatoms. The van der Waals surface area contributed by atoms with Crippen LogP contribution >= 0.6 is 11.3 Å². The molecule has 0 aromatic carbocycles. The van der Waals surface area contributed by atoms with E-state index >= 15 is 0 Å². The van der Waals surface area contributed by atoms with E-state index in [0.717, 1.165) is 29.1 Å². The molecule has 2 atom stereocenters. The average molecular weight is 319 g/mol. The highest BCUT2D eigenvalue weighted by atomic mass is 32.1. The molecular weight excluding hydrogens is 298 g/mol. The summed E-state index contributed by atoms with van der Waals surface area (Å²) in [5, 5.41) is 5.96. The second-order valence-electron chi connectivity index (χ2n) is 5.79. The Bertz CT molecular complexity index is 609. The minimum absolute atomic E-state index is 0.0365. The van der Waals surface area contributed by atoms with Crippen molar-refractivity contribution in [2.75, 3.05) is 6.54 Å². The third-order valence-corrected chi connectivity index (χ3v) is 5.16. The van der Waals surface area contributed by atoms with Crippen LogP contribution in [-0.2, 0) is 11.2 Å². The number of thiazole rings is 1. The first-order valence-corrected chi connectivity index (χ1v) is 8.60. The summed E-state index contributed by atoms with van der Waals surface area (Å²) in [6, 6.07) is 2.09. The van der Waals surface area contributed by atoms with Crippen LogP contribution in [0.15, 0.2) is 28.4 Å². The molecule has 2 aromatic heterocycles. The number of nitrogens with zero attached hydrogens (tertiary/aromatic N) is 1. The summed E-state index contributed by atoms with van der Waals surface area (Å²) in [6.45, 7) is 0.645. The Morgan fingerprint density at radius 1 is 1.45 bits per heavy atom. The first-order chi connectivity index (χ1) is 10.8. The van der Waals surface area contributed by atoms with Gasteiger partial charge in [0.2, 0.25) is 5.91 Å². The van der Waals surface area contributed by atoms with E-state index in [0.29, 0.717) is 18.9 Å². The van der Waals surface area contributed by atoms with Gasteiger partial charge in [-0.25, -0.2) is 4.98 Å². The van der Waals surface area contributed by atoms with Crippen molar-refractivity contribution in [1.82, 2.24) is 10.3 Å². The molecule has 1 aliphatic carbocycles. The molecule has 3 rings (SSSR count). The van der Waals surface area contributed by atoms with Gasteiger partial charge in [-0.15, -0.1) is 11.3 Å². The Hall–Kier alpha value is -1.66. The van der Waals surface area contributed by atoms with Crippen LogP contribution in [0.4, 0.5) is 0 Å². The standard InChI is InChI=1S/C16H21N3O2S/c17-8-11-3-1-2-4-14(11)19-15(20)7-13-10-22-16(18-13)12-5-6-21-9-12/h5-6,9-11,14H,1-4,7-8,17H2,(H,19,20). The van der Waals surface area contributed by atoms with Crippen LogP contribution in [0, 0.1) is 5.92 Å². The van der Waals surface area contributed by atoms with Gasteiger partial charge in [0, 0.05) is 17.0 Å². The molecular formula is C16H21N3O2S. The minimum Gasteiger partial charge on any atom is -0.472 e. The van der Waals surface area contributed by atoms with E-state index in [1.54, 1.807) is 12.5 Å². The maximum atomic E-state index is 12.2. The second kappa shape index (κ2) is 7.07. The second-order valence-corrected chi connectivity index (χ2v) is 6.65. The average Bonchev–Trinajstić information content (AvgIpc) is 3.18. The van der Waals surface area contributed by atoms with Crippen LogP contribution in [0.5, 0.6) is 0 Å². The topological polar surface area (TPSA) is 81.1 Å². The largest absolute Gasteiger partial charge is 0.472 e. The highest BCUT2D eigenvalue weighted by Crippen LogP contribution is 2.25. The van der Waals surface area contributed by atoms with E-state index < -0.39 is 0 Å². The zero-order chi connectivity index (χ0) is 15.4. The van der Waals surface area contributed by atoms with Crippen molar-refractivity contribution in [3.05, 3.63) is 29.7 Å². The number of nitrogens with one attached hydrogen (secondary N) is 1. The lowest BCUT2D eigenvalue weighted by atomic mass is 9.84. The molecule has 1 aliphatic rings. The Labute approximate surface area is 133 Å². The molecule has 118 valence electrons. The molecule has 3 N–H and O–H groups in total. The van der Waals surface area contributed by atoms with Crippen LogP contribution in [0.25, 0.3) is 10.6 Å². The predicted octanol–water partition coefficient (Wildman–Crippen LogP) is 2.58. The van der Waals surface area contributed by atoms with Gasteiger partial charge in [0.25, 0.3) is 0 Å². The summed E-state index contributed by atoms with van der Waals surface area (Å²) in [4.78, 5) is 16.7. The molecule has 5 nitrogen and oxygen atoms in total. The number of amides is 1. The van der Waals surface area contributed by atoms with Crippen LogP contribution in [0.1, 0.15) is 31.4 Å². The number of nitrogens with two attached hydrogens (primary N) is 1. The summed E-state index contributed by atoms with van der Waals surface area (Å²) in [5.41, 5.74) is 7.56. The molecule has 0 saturated heterocycles. The van der Waals surface area contributed by atoms with Crippen molar-refractivity contribution in [3.63, 3.8) is 0 Å².